The van der Waals surface area contributed by atoms with Crippen molar-refractivity contribution in [1.29, 1.82) is 0 Å². The van der Waals surface area contributed by atoms with Crippen molar-refractivity contribution in [3.05, 3.63) is 69.5 Å². The molecule has 2 aliphatic rings. The second-order valence-electron chi connectivity index (χ2n) is 12.6. The van der Waals surface area contributed by atoms with Gasteiger partial charge in [0.25, 0.3) is 0 Å². The van der Waals surface area contributed by atoms with Crippen LogP contribution in [-0.4, -0.2) is 0 Å². The Morgan fingerprint density at radius 2 is 1.21 bits per heavy atom. The molecule has 216 valence electrons. The Hall–Kier alpha value is -1.48. The molecule has 2 saturated carbocycles. The summed E-state index contributed by atoms with van der Waals surface area (Å²) in [6.07, 6.45) is 21.8. The Labute approximate surface area is 240 Å². The lowest BCUT2D eigenvalue weighted by molar-refractivity contribution is 0.222. The quantitative estimate of drug-likeness (QED) is 0.214. The van der Waals surface area contributed by atoms with Crippen molar-refractivity contribution in [3.8, 4) is 0 Å². The molecule has 4 heteroatoms. The van der Waals surface area contributed by atoms with Gasteiger partial charge in [-0.1, -0.05) is 102 Å². The summed E-state index contributed by atoms with van der Waals surface area (Å²) in [5.41, 5.74) is 1.58. The summed E-state index contributed by atoms with van der Waals surface area (Å²) < 4.78 is 43.5. The fourth-order valence-corrected chi connectivity index (χ4v) is 7.28. The molecular formula is C35H48ClF3. The van der Waals surface area contributed by atoms with Crippen molar-refractivity contribution >= 4 is 11.6 Å². The van der Waals surface area contributed by atoms with Gasteiger partial charge in [0, 0.05) is 5.56 Å². The maximum atomic E-state index is 14.9. The van der Waals surface area contributed by atoms with E-state index in [1.165, 1.54) is 102 Å². The SMILES string of the molecule is CCCCCCCC1CCC(CCC2CCC(c3cc(F)c(CCc4ccc(Cl)c(F)c4)c(F)c3)CC2)CC1. The van der Waals surface area contributed by atoms with Gasteiger partial charge in [0.1, 0.15) is 17.5 Å². The normalized spacial score (nSPS) is 23.7. The second-order valence-corrected chi connectivity index (χ2v) is 13.0. The number of unbranched alkanes of at least 4 members (excludes halogenated alkanes) is 4. The first-order valence-corrected chi connectivity index (χ1v) is 16.2. The third-order valence-electron chi connectivity index (χ3n) is 9.79. The summed E-state index contributed by atoms with van der Waals surface area (Å²) in [5, 5.41) is 0.0566. The molecule has 39 heavy (non-hydrogen) atoms. The Balaban J connectivity index is 1.16. The average Bonchev–Trinajstić information content (AvgIpc) is 2.94. The van der Waals surface area contributed by atoms with Crippen molar-refractivity contribution in [2.45, 2.75) is 128 Å². The van der Waals surface area contributed by atoms with E-state index in [0.717, 1.165) is 36.2 Å². The van der Waals surface area contributed by atoms with Crippen LogP contribution in [0.25, 0.3) is 0 Å². The second kappa shape index (κ2) is 15.5. The summed E-state index contributed by atoms with van der Waals surface area (Å²) in [6, 6.07) is 7.63. The zero-order valence-corrected chi connectivity index (χ0v) is 24.7. The predicted octanol–water partition coefficient (Wildman–Crippen LogP) is 11.8. The summed E-state index contributed by atoms with van der Waals surface area (Å²) >= 11 is 5.74. The fraction of sp³-hybridized carbons (Fsp3) is 0.657. The molecule has 0 amide bonds. The lowest BCUT2D eigenvalue weighted by Gasteiger charge is -2.32. The molecule has 0 N–H and O–H groups in total. The van der Waals surface area contributed by atoms with Crippen LogP contribution in [0.4, 0.5) is 13.2 Å². The van der Waals surface area contributed by atoms with Gasteiger partial charge in [-0.05, 0) is 97.6 Å². The van der Waals surface area contributed by atoms with Crippen molar-refractivity contribution in [3.63, 3.8) is 0 Å². The highest BCUT2D eigenvalue weighted by molar-refractivity contribution is 6.30. The zero-order chi connectivity index (χ0) is 27.6. The molecule has 0 aliphatic heterocycles. The van der Waals surface area contributed by atoms with Crippen LogP contribution in [0.1, 0.15) is 132 Å². The minimum Gasteiger partial charge on any atom is -0.207 e. The van der Waals surface area contributed by atoms with Crippen LogP contribution in [0.2, 0.25) is 5.02 Å². The minimum atomic E-state index is -0.503. The van der Waals surface area contributed by atoms with E-state index in [4.69, 9.17) is 11.6 Å². The van der Waals surface area contributed by atoms with Crippen LogP contribution in [0, 0.1) is 35.2 Å². The van der Waals surface area contributed by atoms with Crippen LogP contribution in [0.15, 0.2) is 30.3 Å². The van der Waals surface area contributed by atoms with Crippen molar-refractivity contribution < 1.29 is 13.2 Å². The smallest absolute Gasteiger partial charge is 0.142 e. The van der Waals surface area contributed by atoms with Crippen LogP contribution in [-0.2, 0) is 12.8 Å². The minimum absolute atomic E-state index is 0.0566. The highest BCUT2D eigenvalue weighted by Crippen LogP contribution is 2.41. The monoisotopic (exact) mass is 560 g/mol. The number of hydrogen-bond acceptors (Lipinski definition) is 0. The number of hydrogen-bond donors (Lipinski definition) is 0. The predicted molar refractivity (Wildman–Crippen MR) is 158 cm³/mol. The standard InChI is InChI=1S/C35H48ClF3/c1-2-3-4-5-6-7-25-8-10-26(11-9-25)12-13-27-14-18-29(19-15-27)30-23-33(37)31(34(38)24-30)20-16-28-17-21-32(36)35(39)22-28/h17,21-27,29H,2-16,18-20H2,1H3. The van der Waals surface area contributed by atoms with E-state index in [1.807, 2.05) is 0 Å². The number of benzene rings is 2. The first-order valence-electron chi connectivity index (χ1n) is 15.8. The van der Waals surface area contributed by atoms with Crippen LogP contribution < -0.4 is 0 Å². The van der Waals surface area contributed by atoms with Gasteiger partial charge in [-0.3, -0.25) is 0 Å². The lowest BCUT2D eigenvalue weighted by atomic mass is 9.74. The average molecular weight is 561 g/mol. The maximum absolute atomic E-state index is 14.9. The molecule has 0 saturated heterocycles. The van der Waals surface area contributed by atoms with Crippen LogP contribution in [0.3, 0.4) is 0 Å². The van der Waals surface area contributed by atoms with Gasteiger partial charge in [0.05, 0.1) is 5.02 Å². The molecule has 0 atom stereocenters. The number of aryl methyl sites for hydroxylation is 1. The molecule has 0 aromatic heterocycles. The number of rotatable bonds is 13. The molecular weight excluding hydrogens is 513 g/mol. The summed E-state index contributed by atoms with van der Waals surface area (Å²) in [5.74, 6) is 1.46. The molecule has 2 aromatic carbocycles. The van der Waals surface area contributed by atoms with Gasteiger partial charge < -0.3 is 0 Å². The maximum Gasteiger partial charge on any atom is 0.142 e. The fourth-order valence-electron chi connectivity index (χ4n) is 7.16. The third kappa shape index (κ3) is 9.27. The van der Waals surface area contributed by atoms with Gasteiger partial charge in [-0.15, -0.1) is 0 Å². The van der Waals surface area contributed by atoms with Crippen LogP contribution >= 0.6 is 11.6 Å². The number of halogens is 4. The first kappa shape index (κ1) is 30.5. The Morgan fingerprint density at radius 1 is 0.641 bits per heavy atom. The Bertz CT molecular complexity index is 996. The summed E-state index contributed by atoms with van der Waals surface area (Å²) in [7, 11) is 0. The summed E-state index contributed by atoms with van der Waals surface area (Å²) in [6.45, 7) is 2.28. The molecule has 0 unspecified atom stereocenters. The molecule has 0 spiro atoms. The van der Waals surface area contributed by atoms with Gasteiger partial charge in [0.15, 0.2) is 0 Å². The molecule has 0 nitrogen and oxygen atoms in total. The first-order chi connectivity index (χ1) is 18.9. The summed E-state index contributed by atoms with van der Waals surface area (Å²) in [4.78, 5) is 0. The van der Waals surface area contributed by atoms with Gasteiger partial charge >= 0.3 is 0 Å². The zero-order valence-electron chi connectivity index (χ0n) is 23.9. The Morgan fingerprint density at radius 3 is 1.79 bits per heavy atom. The molecule has 2 aliphatic carbocycles. The van der Waals surface area contributed by atoms with E-state index in [9.17, 15) is 13.2 Å². The highest BCUT2D eigenvalue weighted by atomic mass is 35.5. The molecule has 0 bridgehead atoms. The third-order valence-corrected chi connectivity index (χ3v) is 10.1. The molecule has 2 fully saturated rings. The largest absolute Gasteiger partial charge is 0.207 e. The van der Waals surface area contributed by atoms with Crippen molar-refractivity contribution in [1.82, 2.24) is 0 Å². The Kier molecular flexibility index (Phi) is 12.1. The molecule has 2 aromatic rings. The topological polar surface area (TPSA) is 0 Å². The van der Waals surface area contributed by atoms with Crippen LogP contribution in [0.5, 0.6) is 0 Å². The van der Waals surface area contributed by atoms with E-state index >= 15 is 0 Å². The van der Waals surface area contributed by atoms with E-state index in [0.29, 0.717) is 12.0 Å². The highest BCUT2D eigenvalue weighted by Gasteiger charge is 2.26. The van der Waals surface area contributed by atoms with E-state index < -0.39 is 17.5 Å². The van der Waals surface area contributed by atoms with Crippen molar-refractivity contribution in [2.24, 2.45) is 17.8 Å². The van der Waals surface area contributed by atoms with Gasteiger partial charge in [-0.25, -0.2) is 13.2 Å². The molecule has 0 radical (unpaired) electrons. The van der Waals surface area contributed by atoms with Gasteiger partial charge in [0.2, 0.25) is 0 Å². The molecule has 4 rings (SSSR count). The molecule has 0 heterocycles. The van der Waals surface area contributed by atoms with Gasteiger partial charge in [-0.2, -0.15) is 0 Å². The van der Waals surface area contributed by atoms with E-state index in [-0.39, 0.29) is 22.9 Å². The van der Waals surface area contributed by atoms with Crippen molar-refractivity contribution in [2.75, 3.05) is 0 Å². The van der Waals surface area contributed by atoms with E-state index in [1.54, 1.807) is 18.2 Å². The van der Waals surface area contributed by atoms with E-state index in [2.05, 4.69) is 6.92 Å². The lowest BCUT2D eigenvalue weighted by Crippen LogP contribution is -2.18.